The molecule has 1 aromatic rings. The fraction of sp³-hybridized carbons (Fsp3) is 0.333. The topological polar surface area (TPSA) is 46.2 Å². The van der Waals surface area contributed by atoms with Gasteiger partial charge in [0.1, 0.15) is 0 Å². The first kappa shape index (κ1) is 12.1. The van der Waals surface area contributed by atoms with Gasteiger partial charge in [-0.3, -0.25) is 0 Å². The second kappa shape index (κ2) is 4.69. The van der Waals surface area contributed by atoms with E-state index in [2.05, 4.69) is 0 Å². The van der Waals surface area contributed by atoms with Crippen molar-refractivity contribution < 1.29 is 5.11 Å². The molecule has 78 valence electrons. The molecule has 0 bridgehead atoms. The minimum Gasteiger partial charge on any atom is -0.391 e. The van der Waals surface area contributed by atoms with Gasteiger partial charge in [0.2, 0.25) is 0 Å². The lowest BCUT2D eigenvalue weighted by Crippen LogP contribution is -2.23. The van der Waals surface area contributed by atoms with E-state index in [1.165, 1.54) is 0 Å². The quantitative estimate of drug-likeness (QED) is 0.852. The molecule has 0 aromatic heterocycles. The van der Waals surface area contributed by atoms with Crippen molar-refractivity contribution in [2.24, 2.45) is 5.73 Å². The van der Waals surface area contributed by atoms with Crippen molar-refractivity contribution in [1.82, 2.24) is 0 Å². The highest BCUT2D eigenvalue weighted by molar-refractivity contribution is 6.39. The van der Waals surface area contributed by atoms with Crippen LogP contribution in [0.1, 0.15) is 18.5 Å². The summed E-state index contributed by atoms with van der Waals surface area (Å²) in [5.74, 6) is 0. The van der Waals surface area contributed by atoms with Crippen LogP contribution in [0.3, 0.4) is 0 Å². The molecule has 0 heterocycles. The first-order chi connectivity index (χ1) is 6.43. The second-order valence-corrected chi connectivity index (χ2v) is 4.30. The van der Waals surface area contributed by atoms with Crippen LogP contribution in [-0.4, -0.2) is 11.2 Å². The molecule has 0 saturated heterocycles. The zero-order valence-corrected chi connectivity index (χ0v) is 9.74. The number of halogens is 3. The summed E-state index contributed by atoms with van der Waals surface area (Å²) >= 11 is 17.6. The monoisotopic (exact) mass is 253 g/mol. The van der Waals surface area contributed by atoms with Gasteiger partial charge in [-0.25, -0.2) is 0 Å². The minimum absolute atomic E-state index is 0.371. The van der Waals surface area contributed by atoms with Gasteiger partial charge in [-0.2, -0.15) is 0 Å². The zero-order chi connectivity index (χ0) is 10.9. The van der Waals surface area contributed by atoms with Crippen molar-refractivity contribution in [3.63, 3.8) is 0 Å². The largest absolute Gasteiger partial charge is 0.391 e. The summed E-state index contributed by atoms with van der Waals surface area (Å²) in [4.78, 5) is 0. The van der Waals surface area contributed by atoms with E-state index in [0.717, 1.165) is 0 Å². The van der Waals surface area contributed by atoms with Gasteiger partial charge in [0.05, 0.1) is 12.1 Å². The summed E-state index contributed by atoms with van der Waals surface area (Å²) in [7, 11) is 0. The van der Waals surface area contributed by atoms with Crippen LogP contribution >= 0.6 is 34.8 Å². The molecule has 0 fully saturated rings. The van der Waals surface area contributed by atoms with Gasteiger partial charge >= 0.3 is 0 Å². The molecule has 0 unspecified atom stereocenters. The van der Waals surface area contributed by atoms with Crippen LogP contribution in [-0.2, 0) is 0 Å². The van der Waals surface area contributed by atoms with Gasteiger partial charge in [0.15, 0.2) is 0 Å². The molecule has 2 atom stereocenters. The molecule has 0 amide bonds. The maximum absolute atomic E-state index is 9.32. The highest BCUT2D eigenvalue weighted by Crippen LogP contribution is 2.33. The third-order valence-corrected chi connectivity index (χ3v) is 2.74. The Balaban J connectivity index is 3.20. The maximum atomic E-state index is 9.32. The van der Waals surface area contributed by atoms with Crippen molar-refractivity contribution in [3.05, 3.63) is 32.8 Å². The summed E-state index contributed by atoms with van der Waals surface area (Å²) in [6.45, 7) is 1.58. The van der Waals surface area contributed by atoms with Crippen LogP contribution in [0.2, 0.25) is 15.1 Å². The summed E-state index contributed by atoms with van der Waals surface area (Å²) < 4.78 is 0. The molecular weight excluding hydrogens is 244 g/mol. The molecule has 14 heavy (non-hydrogen) atoms. The lowest BCUT2D eigenvalue weighted by Gasteiger charge is -2.18. The highest BCUT2D eigenvalue weighted by atomic mass is 35.5. The van der Waals surface area contributed by atoms with E-state index in [1.54, 1.807) is 19.1 Å². The van der Waals surface area contributed by atoms with Gasteiger partial charge in [0.25, 0.3) is 0 Å². The van der Waals surface area contributed by atoms with Crippen molar-refractivity contribution in [1.29, 1.82) is 0 Å². The number of hydrogen-bond donors (Lipinski definition) is 2. The average molecular weight is 255 g/mol. The molecule has 0 aliphatic carbocycles. The smallest absolute Gasteiger partial charge is 0.0705 e. The van der Waals surface area contributed by atoms with Crippen LogP contribution in [0.5, 0.6) is 0 Å². The molecule has 5 heteroatoms. The molecule has 0 aliphatic rings. The summed E-state index contributed by atoms with van der Waals surface area (Å²) in [5.41, 5.74) is 6.25. The Kier molecular flexibility index (Phi) is 4.04. The average Bonchev–Trinajstić information content (AvgIpc) is 2.01. The molecular formula is C9H10Cl3NO. The molecule has 1 aromatic carbocycles. The standard InChI is InChI=1S/C9H10Cl3NO/c1-4(14)9(13)8-6(11)2-5(10)3-7(8)12/h2-4,9,14H,13H2,1H3/t4-,9+/m0/s1. The summed E-state index contributed by atoms with van der Waals surface area (Å²) in [6.07, 6.45) is -0.717. The fourth-order valence-electron chi connectivity index (χ4n) is 1.11. The van der Waals surface area contributed by atoms with E-state index in [9.17, 15) is 5.11 Å². The number of nitrogens with two attached hydrogens (primary N) is 1. The third-order valence-electron chi connectivity index (χ3n) is 1.90. The van der Waals surface area contributed by atoms with E-state index in [1.807, 2.05) is 0 Å². The Morgan fingerprint density at radius 3 is 2.00 bits per heavy atom. The molecule has 3 N–H and O–H groups in total. The van der Waals surface area contributed by atoms with Crippen LogP contribution in [0.15, 0.2) is 12.1 Å². The summed E-state index contributed by atoms with van der Waals surface area (Å²) in [5, 5.41) is 10.5. The van der Waals surface area contributed by atoms with Gasteiger partial charge in [-0.15, -0.1) is 0 Å². The molecule has 2 nitrogen and oxygen atoms in total. The highest BCUT2D eigenvalue weighted by Gasteiger charge is 2.19. The Morgan fingerprint density at radius 1 is 1.21 bits per heavy atom. The van der Waals surface area contributed by atoms with E-state index in [-0.39, 0.29) is 0 Å². The fourth-order valence-corrected chi connectivity index (χ4v) is 2.18. The van der Waals surface area contributed by atoms with Gasteiger partial charge < -0.3 is 10.8 Å². The number of aliphatic hydroxyl groups excluding tert-OH is 1. The first-order valence-corrected chi connectivity index (χ1v) is 5.15. The molecule has 0 saturated carbocycles. The number of aliphatic hydroxyl groups is 1. The number of benzene rings is 1. The minimum atomic E-state index is -0.717. The Labute approximate surface area is 97.6 Å². The predicted molar refractivity (Wildman–Crippen MR) is 60.1 cm³/mol. The van der Waals surface area contributed by atoms with Crippen LogP contribution in [0.25, 0.3) is 0 Å². The van der Waals surface area contributed by atoms with Gasteiger partial charge in [-0.05, 0) is 19.1 Å². The lowest BCUT2D eigenvalue weighted by molar-refractivity contribution is 0.164. The third kappa shape index (κ3) is 2.53. The zero-order valence-electron chi connectivity index (χ0n) is 7.47. The van der Waals surface area contributed by atoms with Crippen molar-refractivity contribution in [3.8, 4) is 0 Å². The van der Waals surface area contributed by atoms with E-state index in [4.69, 9.17) is 40.5 Å². The van der Waals surface area contributed by atoms with Crippen LogP contribution < -0.4 is 5.73 Å². The Morgan fingerprint density at radius 2 is 1.64 bits per heavy atom. The van der Waals surface area contributed by atoms with Crippen molar-refractivity contribution in [2.45, 2.75) is 19.1 Å². The summed E-state index contributed by atoms with van der Waals surface area (Å²) in [6, 6.07) is 2.49. The number of rotatable bonds is 2. The lowest BCUT2D eigenvalue weighted by atomic mass is 10.0. The second-order valence-electron chi connectivity index (χ2n) is 3.05. The first-order valence-electron chi connectivity index (χ1n) is 4.01. The van der Waals surface area contributed by atoms with Crippen molar-refractivity contribution in [2.75, 3.05) is 0 Å². The molecule has 1 rings (SSSR count). The van der Waals surface area contributed by atoms with Gasteiger partial charge in [0, 0.05) is 20.6 Å². The number of hydrogen-bond acceptors (Lipinski definition) is 2. The van der Waals surface area contributed by atoms with Crippen molar-refractivity contribution >= 4 is 34.8 Å². The van der Waals surface area contributed by atoms with E-state index >= 15 is 0 Å². The molecule has 0 spiro atoms. The van der Waals surface area contributed by atoms with E-state index < -0.39 is 12.1 Å². The van der Waals surface area contributed by atoms with E-state index in [0.29, 0.717) is 20.6 Å². The molecule has 0 radical (unpaired) electrons. The SMILES string of the molecule is C[C@H](O)[C@@H](N)c1c(Cl)cc(Cl)cc1Cl. The maximum Gasteiger partial charge on any atom is 0.0705 e. The Bertz CT molecular complexity index is 318. The molecule has 0 aliphatic heterocycles. The van der Waals surface area contributed by atoms with Crippen LogP contribution in [0.4, 0.5) is 0 Å². The normalized spacial score (nSPS) is 15.3. The predicted octanol–water partition coefficient (Wildman–Crippen LogP) is 3.03. The Hall–Kier alpha value is 0.01000. The van der Waals surface area contributed by atoms with Gasteiger partial charge in [-0.1, -0.05) is 34.8 Å². The van der Waals surface area contributed by atoms with Crippen LogP contribution in [0, 0.1) is 0 Å².